The molecule has 0 fully saturated rings. The molecule has 0 aliphatic carbocycles. The number of nitrogens with zero attached hydrogens (tertiary/aromatic N) is 5. The van der Waals surface area contributed by atoms with Crippen molar-refractivity contribution in [1.29, 1.82) is 0 Å². The summed E-state index contributed by atoms with van der Waals surface area (Å²) in [4.78, 5) is 15.0. The van der Waals surface area contributed by atoms with Gasteiger partial charge in [0.25, 0.3) is 0 Å². The summed E-state index contributed by atoms with van der Waals surface area (Å²) >= 11 is 0. The molecule has 12 rings (SSSR count). The van der Waals surface area contributed by atoms with Crippen LogP contribution in [0, 0.1) is 27.7 Å². The highest BCUT2D eigenvalue weighted by Crippen LogP contribution is 2.46. The van der Waals surface area contributed by atoms with E-state index in [0.29, 0.717) is 0 Å². The number of aryl methyl sites for hydroxylation is 4. The second-order valence-corrected chi connectivity index (χ2v) is 15.8. The summed E-state index contributed by atoms with van der Waals surface area (Å²) in [5.41, 5.74) is 17.8. The van der Waals surface area contributed by atoms with Gasteiger partial charge in [-0.2, -0.15) is 0 Å². The molecule has 0 atom stereocenters. The van der Waals surface area contributed by atoms with Crippen molar-refractivity contribution < 1.29 is 4.74 Å². The van der Waals surface area contributed by atoms with Gasteiger partial charge in [0.05, 0.1) is 39.3 Å². The topological polar surface area (TPSA) is 56.7 Å². The lowest BCUT2D eigenvalue weighted by atomic mass is 9.86. The zero-order valence-electron chi connectivity index (χ0n) is 33.1. The third kappa shape index (κ3) is 4.83. The summed E-state index contributed by atoms with van der Waals surface area (Å²) in [5.74, 6) is 1.47. The lowest BCUT2D eigenvalue weighted by Crippen LogP contribution is -2.00. The quantitative estimate of drug-likeness (QED) is 0.168. The van der Waals surface area contributed by atoms with Crippen molar-refractivity contribution in [2.45, 2.75) is 27.7 Å². The van der Waals surface area contributed by atoms with E-state index in [1.165, 1.54) is 49.9 Å². The number of imidazole rings is 2. The first kappa shape index (κ1) is 33.6. The first-order valence-corrected chi connectivity index (χ1v) is 20.1. The largest absolute Gasteiger partial charge is 0.457 e. The van der Waals surface area contributed by atoms with Gasteiger partial charge in [-0.1, -0.05) is 72.8 Å². The molecule has 0 aliphatic heterocycles. The molecule has 0 N–H and O–H groups in total. The van der Waals surface area contributed by atoms with Gasteiger partial charge in [-0.05, 0) is 144 Å². The molecule has 0 saturated heterocycles. The van der Waals surface area contributed by atoms with E-state index < -0.39 is 0 Å². The van der Waals surface area contributed by atoms with Crippen molar-refractivity contribution in [2.24, 2.45) is 0 Å². The molecule has 6 nitrogen and oxygen atoms in total. The zero-order valence-corrected chi connectivity index (χ0v) is 33.1. The van der Waals surface area contributed by atoms with Crippen LogP contribution in [-0.2, 0) is 0 Å². The van der Waals surface area contributed by atoms with Crippen LogP contribution in [-0.4, -0.2) is 23.8 Å². The minimum Gasteiger partial charge on any atom is -0.457 e. The van der Waals surface area contributed by atoms with E-state index in [1.54, 1.807) is 0 Å². The minimum absolute atomic E-state index is 0.734. The number of hydrogen-bond acceptors (Lipinski definition) is 4. The lowest BCUT2D eigenvalue weighted by Gasteiger charge is -2.21. The Morgan fingerprint density at radius 1 is 0.441 bits per heavy atom. The highest BCUT2D eigenvalue weighted by atomic mass is 16.5. The van der Waals surface area contributed by atoms with Crippen LogP contribution in [0.5, 0.6) is 11.5 Å². The predicted molar refractivity (Wildman–Crippen MR) is 243 cm³/mol. The monoisotopic (exact) mass is 759 g/mol. The Labute approximate surface area is 339 Å². The second kappa shape index (κ2) is 12.5. The molecule has 12 aromatic rings. The van der Waals surface area contributed by atoms with Crippen LogP contribution in [0.4, 0.5) is 0 Å². The number of rotatable bonds is 4. The SMILES string of the molecule is Cc1cccc(C)c1-c1ccc(-c2c(C)cccc2C)c2c1c1ccc(Oc3ccc4c5ccncc5n5c6ccccc6nc5c4c3)cc1c1nc3ccccc3n12. The van der Waals surface area contributed by atoms with E-state index in [9.17, 15) is 0 Å². The number of aromatic nitrogens is 5. The Balaban J connectivity index is 1.15. The molecule has 5 aromatic heterocycles. The molecule has 280 valence electrons. The van der Waals surface area contributed by atoms with Crippen LogP contribution in [0.25, 0.3) is 99.0 Å². The molecule has 0 spiro atoms. The van der Waals surface area contributed by atoms with Crippen LogP contribution in [0.15, 0.2) is 152 Å². The molecular weight excluding hydrogens is 723 g/mol. The van der Waals surface area contributed by atoms with Crippen molar-refractivity contribution in [3.63, 3.8) is 0 Å². The Morgan fingerprint density at radius 2 is 0.983 bits per heavy atom. The number of fused-ring (bicyclic) bond motifs is 16. The van der Waals surface area contributed by atoms with Crippen LogP contribution in [0.1, 0.15) is 22.3 Å². The number of para-hydroxylation sites is 4. The van der Waals surface area contributed by atoms with Gasteiger partial charge < -0.3 is 4.74 Å². The van der Waals surface area contributed by atoms with Crippen LogP contribution in [0.2, 0.25) is 0 Å². The van der Waals surface area contributed by atoms with E-state index in [1.807, 2.05) is 18.5 Å². The second-order valence-electron chi connectivity index (χ2n) is 15.8. The maximum Gasteiger partial charge on any atom is 0.146 e. The molecule has 7 aromatic carbocycles. The molecule has 0 amide bonds. The molecular formula is C53H37N5O. The lowest BCUT2D eigenvalue weighted by molar-refractivity contribution is 0.484. The fourth-order valence-corrected chi connectivity index (χ4v) is 9.79. The molecule has 6 heteroatoms. The van der Waals surface area contributed by atoms with Gasteiger partial charge in [-0.15, -0.1) is 0 Å². The fraction of sp³-hybridized carbons (Fsp3) is 0.0755. The summed E-state index contributed by atoms with van der Waals surface area (Å²) < 4.78 is 11.5. The average molecular weight is 760 g/mol. The molecule has 0 saturated carbocycles. The number of ether oxygens (including phenoxy) is 1. The summed E-state index contributed by atoms with van der Waals surface area (Å²) in [6, 6.07) is 49.5. The first-order chi connectivity index (χ1) is 28.9. The Bertz CT molecular complexity index is 3720. The third-order valence-electron chi connectivity index (χ3n) is 12.3. The Morgan fingerprint density at radius 3 is 1.64 bits per heavy atom. The van der Waals surface area contributed by atoms with E-state index in [2.05, 4.69) is 175 Å². The van der Waals surface area contributed by atoms with E-state index in [4.69, 9.17) is 14.7 Å². The van der Waals surface area contributed by atoms with Crippen LogP contribution >= 0.6 is 0 Å². The van der Waals surface area contributed by atoms with Crippen molar-refractivity contribution in [3.05, 3.63) is 174 Å². The van der Waals surface area contributed by atoms with Crippen molar-refractivity contribution in [1.82, 2.24) is 23.8 Å². The van der Waals surface area contributed by atoms with E-state index in [-0.39, 0.29) is 0 Å². The molecule has 59 heavy (non-hydrogen) atoms. The highest BCUT2D eigenvalue weighted by molar-refractivity contribution is 6.22. The zero-order chi connectivity index (χ0) is 39.5. The standard InChI is InChI=1S/C53H37N5O/c1-30-11-9-12-31(2)48(30)39-23-24-40(49-32(3)13-10-14-33(49)4)51-50(39)38-22-20-35(28-42(38)53-56-44-16-6-8-18-46(44)58(51)53)59-34-19-21-36-37-25-26-54-29-47(37)57-45-17-7-5-15-43(45)55-52(57)41(36)27-34/h5-29H,1-4H3. The summed E-state index contributed by atoms with van der Waals surface area (Å²) in [7, 11) is 0. The van der Waals surface area contributed by atoms with Crippen molar-refractivity contribution in [2.75, 3.05) is 0 Å². The van der Waals surface area contributed by atoms with Crippen LogP contribution < -0.4 is 4.74 Å². The van der Waals surface area contributed by atoms with Gasteiger partial charge in [0, 0.05) is 33.3 Å². The van der Waals surface area contributed by atoms with E-state index >= 15 is 0 Å². The third-order valence-corrected chi connectivity index (χ3v) is 12.3. The highest BCUT2D eigenvalue weighted by Gasteiger charge is 2.23. The fourth-order valence-electron chi connectivity index (χ4n) is 9.79. The maximum atomic E-state index is 6.86. The average Bonchev–Trinajstić information content (AvgIpc) is 3.84. The molecule has 0 bridgehead atoms. The Kier molecular flexibility index (Phi) is 7.09. The van der Waals surface area contributed by atoms with Crippen molar-refractivity contribution in [3.8, 4) is 33.8 Å². The molecule has 0 radical (unpaired) electrons. The maximum absolute atomic E-state index is 6.86. The minimum atomic E-state index is 0.734. The predicted octanol–water partition coefficient (Wildman–Crippen LogP) is 13.7. The normalized spacial score (nSPS) is 12.1. The smallest absolute Gasteiger partial charge is 0.146 e. The summed E-state index contributed by atoms with van der Waals surface area (Å²) in [6.45, 7) is 8.87. The summed E-state index contributed by atoms with van der Waals surface area (Å²) in [6.07, 6.45) is 3.78. The summed E-state index contributed by atoms with van der Waals surface area (Å²) in [5, 5.41) is 6.59. The van der Waals surface area contributed by atoms with Gasteiger partial charge in [-0.25, -0.2) is 9.97 Å². The van der Waals surface area contributed by atoms with Crippen molar-refractivity contribution >= 4 is 76.7 Å². The number of benzene rings is 7. The van der Waals surface area contributed by atoms with Gasteiger partial charge in [0.15, 0.2) is 0 Å². The van der Waals surface area contributed by atoms with Gasteiger partial charge >= 0.3 is 0 Å². The molecule has 5 heterocycles. The van der Waals surface area contributed by atoms with Gasteiger partial charge in [-0.3, -0.25) is 13.8 Å². The first-order valence-electron chi connectivity index (χ1n) is 20.1. The number of pyridine rings is 3. The van der Waals surface area contributed by atoms with E-state index in [0.717, 1.165) is 82.8 Å². The molecule has 0 aliphatic rings. The van der Waals surface area contributed by atoms with Gasteiger partial charge in [0.2, 0.25) is 0 Å². The Hall–Kier alpha value is -7.57. The number of hydrogen-bond donors (Lipinski definition) is 0. The van der Waals surface area contributed by atoms with Gasteiger partial charge in [0.1, 0.15) is 22.8 Å². The molecule has 0 unspecified atom stereocenters. The van der Waals surface area contributed by atoms with Crippen LogP contribution in [0.3, 0.4) is 0 Å².